The molecule has 3 rings (SSSR count). The molecule has 1 aromatic carbocycles. The largest absolute Gasteiger partial charge is 0.507 e. The molecule has 6 heteroatoms. The second-order valence-electron chi connectivity index (χ2n) is 3.86. The van der Waals surface area contributed by atoms with Crippen LogP contribution in [0.25, 0.3) is 0 Å². The number of hydrogen-bond acceptors (Lipinski definition) is 6. The van der Waals surface area contributed by atoms with Gasteiger partial charge in [-0.05, 0) is 22.9 Å². The van der Waals surface area contributed by atoms with E-state index in [2.05, 4.69) is 0 Å². The number of fused-ring (bicyclic) bond motifs is 1. The summed E-state index contributed by atoms with van der Waals surface area (Å²) in [5.74, 6) is -0.764. The van der Waals surface area contributed by atoms with Gasteiger partial charge >= 0.3 is 0 Å². The molecule has 0 bridgehead atoms. The normalized spacial score (nSPS) is 18.3. The molecule has 1 aromatic rings. The number of benzene rings is 1. The average molecular weight is 292 g/mol. The Kier molecular flexibility index (Phi) is 3.12. The first-order valence-corrected chi connectivity index (χ1v) is 7.19. The molecule has 0 atom stereocenters. The maximum Gasteiger partial charge on any atom is 0.205 e. The molecule has 0 spiro atoms. The number of thioether (sulfide) groups is 2. The summed E-state index contributed by atoms with van der Waals surface area (Å²) in [7, 11) is 0. The number of ether oxygens (including phenoxy) is 1. The topological polar surface area (TPSA) is 63.6 Å². The molecule has 0 saturated carbocycles. The van der Waals surface area contributed by atoms with Crippen molar-refractivity contribution in [3.63, 3.8) is 0 Å². The molecule has 19 heavy (non-hydrogen) atoms. The molecule has 0 aromatic heterocycles. The Hall–Kier alpha value is -1.66. The fourth-order valence-electron chi connectivity index (χ4n) is 1.87. The number of Topliss-reactive ketones (excluding diaryl/α,β-unsaturated/α-hetero) is 2. The zero-order chi connectivity index (χ0) is 13.4. The first kappa shape index (κ1) is 12.4. The standard InChI is InChI=1S/C13H8O4S2/c14-7-2-1-3-9-10(7)12(16)11(8(15)6-17-9)13-18-4-5-19-13/h1-5,14H,6H2. The Morgan fingerprint density at radius 3 is 2.63 bits per heavy atom. The van der Waals surface area contributed by atoms with Crippen LogP contribution in [0.15, 0.2) is 38.8 Å². The van der Waals surface area contributed by atoms with Gasteiger partial charge in [0.15, 0.2) is 6.61 Å². The minimum Gasteiger partial charge on any atom is -0.507 e. The molecular weight excluding hydrogens is 284 g/mol. The quantitative estimate of drug-likeness (QED) is 0.586. The summed E-state index contributed by atoms with van der Waals surface area (Å²) in [6.07, 6.45) is 0. The third-order valence-electron chi connectivity index (χ3n) is 2.71. The Labute approximate surface area is 117 Å². The molecule has 96 valence electrons. The van der Waals surface area contributed by atoms with Crippen molar-refractivity contribution in [1.29, 1.82) is 0 Å². The zero-order valence-corrected chi connectivity index (χ0v) is 11.2. The van der Waals surface area contributed by atoms with Gasteiger partial charge in [0.2, 0.25) is 11.6 Å². The van der Waals surface area contributed by atoms with Gasteiger partial charge in [-0.3, -0.25) is 9.59 Å². The van der Waals surface area contributed by atoms with E-state index < -0.39 is 5.78 Å². The smallest absolute Gasteiger partial charge is 0.205 e. The number of phenols is 1. The van der Waals surface area contributed by atoms with Gasteiger partial charge in [-0.25, -0.2) is 0 Å². The van der Waals surface area contributed by atoms with Crippen molar-refractivity contribution in [2.45, 2.75) is 0 Å². The van der Waals surface area contributed by atoms with Crippen LogP contribution in [0.4, 0.5) is 0 Å². The lowest BCUT2D eigenvalue weighted by molar-refractivity contribution is -0.116. The van der Waals surface area contributed by atoms with Gasteiger partial charge in [-0.1, -0.05) is 29.6 Å². The van der Waals surface area contributed by atoms with E-state index in [0.717, 1.165) is 0 Å². The minimum atomic E-state index is -0.477. The lowest BCUT2D eigenvalue weighted by Crippen LogP contribution is -2.16. The molecule has 0 unspecified atom stereocenters. The number of carbonyl (C=O) groups excluding carboxylic acids is 2. The number of phenolic OH excluding ortho intramolecular Hbond substituents is 1. The van der Waals surface area contributed by atoms with Gasteiger partial charge in [0, 0.05) is 0 Å². The summed E-state index contributed by atoms with van der Waals surface area (Å²) in [6, 6.07) is 4.55. The van der Waals surface area contributed by atoms with Crippen LogP contribution in [0, 0.1) is 0 Å². The predicted octanol–water partition coefficient (Wildman–Crippen LogP) is 2.70. The molecule has 4 nitrogen and oxygen atoms in total. The summed E-state index contributed by atoms with van der Waals surface area (Å²) >= 11 is 2.66. The molecule has 2 aliphatic rings. The Morgan fingerprint density at radius 1 is 1.16 bits per heavy atom. The SMILES string of the molecule is O=C1COc2cccc(O)c2C(=O)C1=C1SC=CS1. The minimum absolute atomic E-state index is 0.0592. The summed E-state index contributed by atoms with van der Waals surface area (Å²) in [4.78, 5) is 24.5. The number of rotatable bonds is 0. The highest BCUT2D eigenvalue weighted by molar-refractivity contribution is 8.27. The predicted molar refractivity (Wildman–Crippen MR) is 74.3 cm³/mol. The lowest BCUT2D eigenvalue weighted by Gasteiger charge is -2.06. The highest BCUT2D eigenvalue weighted by Gasteiger charge is 2.32. The molecule has 2 heterocycles. The first-order valence-electron chi connectivity index (χ1n) is 5.44. The van der Waals surface area contributed by atoms with Gasteiger partial charge in [0.05, 0.1) is 9.81 Å². The van der Waals surface area contributed by atoms with Gasteiger partial charge < -0.3 is 9.84 Å². The van der Waals surface area contributed by atoms with Crippen molar-refractivity contribution >= 4 is 35.1 Å². The van der Waals surface area contributed by atoms with Gasteiger partial charge in [0.1, 0.15) is 17.1 Å². The lowest BCUT2D eigenvalue weighted by atomic mass is 10.0. The van der Waals surface area contributed by atoms with Crippen LogP contribution in [-0.4, -0.2) is 23.3 Å². The van der Waals surface area contributed by atoms with Crippen molar-refractivity contribution in [1.82, 2.24) is 0 Å². The fraction of sp³-hybridized carbons (Fsp3) is 0.0769. The Morgan fingerprint density at radius 2 is 1.89 bits per heavy atom. The van der Waals surface area contributed by atoms with E-state index in [4.69, 9.17) is 4.74 Å². The van der Waals surface area contributed by atoms with Crippen molar-refractivity contribution in [2.75, 3.05) is 6.61 Å². The molecule has 0 saturated heterocycles. The molecule has 0 amide bonds. The van der Waals surface area contributed by atoms with Crippen LogP contribution < -0.4 is 4.74 Å². The van der Waals surface area contributed by atoms with Crippen molar-refractivity contribution in [2.24, 2.45) is 0 Å². The Bertz CT molecular complexity index is 636. The molecule has 0 radical (unpaired) electrons. The zero-order valence-electron chi connectivity index (χ0n) is 9.58. The number of ketones is 2. The summed E-state index contributed by atoms with van der Waals surface area (Å²) in [5.41, 5.74) is 0.157. The van der Waals surface area contributed by atoms with E-state index in [1.54, 1.807) is 12.1 Å². The molecule has 1 N–H and O–H groups in total. The van der Waals surface area contributed by atoms with Crippen molar-refractivity contribution in [3.05, 3.63) is 44.4 Å². The summed E-state index contributed by atoms with van der Waals surface area (Å²) in [5, 5.41) is 13.5. The highest BCUT2D eigenvalue weighted by Crippen LogP contribution is 2.43. The third-order valence-corrected chi connectivity index (χ3v) is 4.84. The fourth-order valence-corrected chi connectivity index (χ4v) is 3.76. The van der Waals surface area contributed by atoms with E-state index in [-0.39, 0.29) is 35.0 Å². The average Bonchev–Trinajstić information content (AvgIpc) is 2.86. The van der Waals surface area contributed by atoms with E-state index in [9.17, 15) is 14.7 Å². The summed E-state index contributed by atoms with van der Waals surface area (Å²) < 4.78 is 5.93. The maximum atomic E-state index is 12.5. The van der Waals surface area contributed by atoms with Gasteiger partial charge in [0.25, 0.3) is 0 Å². The maximum absolute atomic E-state index is 12.5. The monoisotopic (exact) mass is 292 g/mol. The molecule has 2 aliphatic heterocycles. The van der Waals surface area contributed by atoms with Crippen LogP contribution >= 0.6 is 23.5 Å². The van der Waals surface area contributed by atoms with Gasteiger partial charge in [-0.15, -0.1) is 0 Å². The van der Waals surface area contributed by atoms with E-state index in [1.165, 1.54) is 29.6 Å². The highest BCUT2D eigenvalue weighted by atomic mass is 32.2. The third kappa shape index (κ3) is 2.06. The second-order valence-corrected chi connectivity index (χ2v) is 5.95. The van der Waals surface area contributed by atoms with Crippen LogP contribution in [0.5, 0.6) is 11.5 Å². The molecule has 0 aliphatic carbocycles. The first-order chi connectivity index (χ1) is 9.18. The molecular formula is C13H8O4S2. The second kappa shape index (κ2) is 4.79. The number of hydrogen-bond donors (Lipinski definition) is 1. The van der Waals surface area contributed by atoms with Crippen molar-refractivity contribution in [3.8, 4) is 11.5 Å². The van der Waals surface area contributed by atoms with E-state index >= 15 is 0 Å². The van der Waals surface area contributed by atoms with Crippen LogP contribution in [0.1, 0.15) is 10.4 Å². The van der Waals surface area contributed by atoms with Gasteiger partial charge in [-0.2, -0.15) is 0 Å². The van der Waals surface area contributed by atoms with Crippen LogP contribution in [0.3, 0.4) is 0 Å². The van der Waals surface area contributed by atoms with Crippen LogP contribution in [-0.2, 0) is 4.79 Å². The molecule has 0 fully saturated rings. The van der Waals surface area contributed by atoms with E-state index in [1.807, 2.05) is 10.8 Å². The number of aromatic hydroxyl groups is 1. The Balaban J connectivity index is 2.18. The van der Waals surface area contributed by atoms with Crippen LogP contribution in [0.2, 0.25) is 0 Å². The summed E-state index contributed by atoms with van der Waals surface area (Å²) in [6.45, 7) is -0.192. The van der Waals surface area contributed by atoms with E-state index in [0.29, 0.717) is 4.24 Å². The van der Waals surface area contributed by atoms with Crippen molar-refractivity contribution < 1.29 is 19.4 Å². The number of carbonyl (C=O) groups is 2.